The summed E-state index contributed by atoms with van der Waals surface area (Å²) in [5, 5.41) is 18.4. The molecule has 0 saturated carbocycles. The van der Waals surface area contributed by atoms with Crippen molar-refractivity contribution in [3.05, 3.63) is 79.1 Å². The van der Waals surface area contributed by atoms with Gasteiger partial charge in [-0.2, -0.15) is 0 Å². The van der Waals surface area contributed by atoms with Crippen LogP contribution in [0.3, 0.4) is 0 Å². The molecule has 0 radical (unpaired) electrons. The van der Waals surface area contributed by atoms with Gasteiger partial charge < -0.3 is 14.2 Å². The number of hydrogen-bond donors (Lipinski definition) is 0. The molecule has 0 bridgehead atoms. The molecule has 0 N–H and O–H groups in total. The number of fused-ring (bicyclic) bond motifs is 1. The van der Waals surface area contributed by atoms with Gasteiger partial charge in [0, 0.05) is 23.6 Å². The summed E-state index contributed by atoms with van der Waals surface area (Å²) in [6.07, 6.45) is -0.774. The highest BCUT2D eigenvalue weighted by molar-refractivity contribution is 8.13. The van der Waals surface area contributed by atoms with Crippen molar-refractivity contribution in [1.29, 1.82) is 0 Å². The Morgan fingerprint density at radius 1 is 1.12 bits per heavy atom. The molecule has 2 atom stereocenters. The summed E-state index contributed by atoms with van der Waals surface area (Å²) in [4.78, 5) is 54.9. The lowest BCUT2D eigenvalue weighted by atomic mass is 10.1. The lowest BCUT2D eigenvalue weighted by molar-refractivity contribution is -0.788. The van der Waals surface area contributed by atoms with Crippen molar-refractivity contribution in [3.63, 3.8) is 0 Å². The number of carbonyl (C=O) groups excluding carboxylic acids is 2. The Bertz CT molecular complexity index is 1010. The molecule has 0 spiro atoms. The lowest BCUT2D eigenvalue weighted by Crippen LogP contribution is -2.27. The van der Waals surface area contributed by atoms with Gasteiger partial charge >= 0.3 is 0 Å². The molecule has 0 amide bonds. The Hall–Kier alpha value is -3.41. The number of nitrogens with zero attached hydrogens (tertiary/aromatic N) is 3. The fourth-order valence-electron chi connectivity index (χ4n) is 3.38. The summed E-state index contributed by atoms with van der Waals surface area (Å²) in [6.45, 7) is 5.76. The maximum Gasteiger partial charge on any atom is 0.294 e. The molecule has 12 heteroatoms. The molecule has 1 aromatic carbocycles. The second-order valence-electron chi connectivity index (χ2n) is 6.93. The average molecular weight is 480 g/mol. The molecule has 2 aromatic rings. The summed E-state index contributed by atoms with van der Waals surface area (Å²) < 4.78 is 1.81. The van der Waals surface area contributed by atoms with Crippen molar-refractivity contribution in [1.82, 2.24) is 4.57 Å². The first kappa shape index (κ1) is 25.8. The summed E-state index contributed by atoms with van der Waals surface area (Å²) in [5.74, 6) is -0.805. The van der Waals surface area contributed by atoms with Crippen LogP contribution >= 0.6 is 11.8 Å². The topological polar surface area (TPSA) is 144 Å². The molecular formula is C21H25N3O8S. The van der Waals surface area contributed by atoms with Gasteiger partial charge in [-0.3, -0.25) is 9.59 Å². The number of rotatable bonds is 10. The zero-order valence-corrected chi connectivity index (χ0v) is 19.3. The number of aryl methyl sites for hydroxylation is 1. The van der Waals surface area contributed by atoms with E-state index < -0.39 is 28.8 Å². The number of benzene rings is 1. The smallest absolute Gasteiger partial charge is 0.294 e. The van der Waals surface area contributed by atoms with Gasteiger partial charge in [0.15, 0.2) is 5.12 Å². The van der Waals surface area contributed by atoms with E-state index in [-0.39, 0.29) is 16.7 Å². The monoisotopic (exact) mass is 479 g/mol. The standard InChI is InChI=1S/C19H19N3O8S.C2H6/c1-12-2-4-13(5-3-12)18(23)17-7-6-16-15(8-9-20(16)17)19(24)31-11-14(30-22(27)28)10-29-21(25)26;1-2/h2-7,14-15H,8-11H2,1H3;1-2H3. The van der Waals surface area contributed by atoms with Crippen molar-refractivity contribution in [2.45, 2.75) is 45.8 Å². The van der Waals surface area contributed by atoms with Crippen molar-refractivity contribution >= 4 is 22.7 Å². The number of hydrogen-bond acceptors (Lipinski definition) is 9. The average Bonchev–Trinajstić information content (AvgIpc) is 3.39. The fraction of sp³-hybridized carbons (Fsp3) is 0.429. The second-order valence-corrected chi connectivity index (χ2v) is 7.96. The normalized spacial score (nSPS) is 14.9. The largest absolute Gasteiger partial charge is 0.341 e. The number of aromatic nitrogens is 1. The van der Waals surface area contributed by atoms with Crippen molar-refractivity contribution in [2.75, 3.05) is 12.4 Å². The van der Waals surface area contributed by atoms with Crippen LogP contribution in [0, 0.1) is 27.2 Å². The van der Waals surface area contributed by atoms with Gasteiger partial charge in [-0.05, 0) is 25.5 Å². The van der Waals surface area contributed by atoms with Crippen molar-refractivity contribution < 1.29 is 29.4 Å². The van der Waals surface area contributed by atoms with Crippen LogP contribution < -0.4 is 0 Å². The zero-order valence-electron chi connectivity index (χ0n) is 18.5. The van der Waals surface area contributed by atoms with E-state index in [9.17, 15) is 29.8 Å². The fourth-order valence-corrected chi connectivity index (χ4v) is 4.33. The zero-order chi connectivity index (χ0) is 24.5. The molecule has 1 aliphatic heterocycles. The molecule has 1 aliphatic rings. The van der Waals surface area contributed by atoms with Gasteiger partial charge in [-0.15, -0.1) is 20.2 Å². The summed E-state index contributed by atoms with van der Waals surface area (Å²) >= 11 is 0.785. The van der Waals surface area contributed by atoms with Gasteiger partial charge in [0.1, 0.15) is 12.7 Å². The molecule has 11 nitrogen and oxygen atoms in total. The Kier molecular flexibility index (Phi) is 9.40. The number of ketones is 1. The molecule has 1 aromatic heterocycles. The van der Waals surface area contributed by atoms with Gasteiger partial charge in [-0.25, -0.2) is 0 Å². The van der Waals surface area contributed by atoms with Gasteiger partial charge in [-0.1, -0.05) is 55.4 Å². The van der Waals surface area contributed by atoms with Crippen LogP contribution in [0.4, 0.5) is 0 Å². The first-order chi connectivity index (χ1) is 15.8. The molecule has 0 saturated heterocycles. The van der Waals surface area contributed by atoms with Crippen LogP contribution in [0.25, 0.3) is 0 Å². The number of thioether (sulfide) groups is 1. The Morgan fingerprint density at radius 2 is 1.79 bits per heavy atom. The van der Waals surface area contributed by atoms with Crippen LogP contribution in [0.2, 0.25) is 0 Å². The summed E-state index contributed by atoms with van der Waals surface area (Å²) in [6, 6.07) is 10.6. The van der Waals surface area contributed by atoms with Crippen molar-refractivity contribution in [3.8, 4) is 0 Å². The number of carbonyl (C=O) groups is 2. The SMILES string of the molecule is CC.Cc1ccc(C(=O)c2ccc3n2CCC3C(=O)SCC(CO[N+](=O)[O-])O[N+](=O)[O-])cc1. The Balaban J connectivity index is 0.00000187. The highest BCUT2D eigenvalue weighted by Gasteiger charge is 2.32. The van der Waals surface area contributed by atoms with E-state index in [0.717, 1.165) is 17.3 Å². The van der Waals surface area contributed by atoms with Crippen LogP contribution in [0.1, 0.15) is 53.5 Å². The third kappa shape index (κ3) is 6.78. The van der Waals surface area contributed by atoms with E-state index in [4.69, 9.17) is 0 Å². The minimum atomic E-state index is -1.26. The molecule has 2 unspecified atom stereocenters. The van der Waals surface area contributed by atoms with Gasteiger partial charge in [0.05, 0.1) is 11.6 Å². The van der Waals surface area contributed by atoms with Crippen LogP contribution in [0.15, 0.2) is 36.4 Å². The molecule has 3 rings (SSSR count). The molecule has 33 heavy (non-hydrogen) atoms. The quantitative estimate of drug-likeness (QED) is 0.283. The highest BCUT2D eigenvalue weighted by atomic mass is 32.2. The first-order valence-electron chi connectivity index (χ1n) is 10.3. The van der Waals surface area contributed by atoms with E-state index in [1.54, 1.807) is 24.3 Å². The predicted octanol–water partition coefficient (Wildman–Crippen LogP) is 3.59. The third-order valence-corrected chi connectivity index (χ3v) is 5.96. The summed E-state index contributed by atoms with van der Waals surface area (Å²) in [7, 11) is 0. The third-order valence-electron chi connectivity index (χ3n) is 4.86. The van der Waals surface area contributed by atoms with E-state index in [1.807, 2.05) is 37.5 Å². The van der Waals surface area contributed by atoms with E-state index in [1.165, 1.54) is 0 Å². The van der Waals surface area contributed by atoms with E-state index in [0.29, 0.717) is 29.9 Å². The van der Waals surface area contributed by atoms with Crippen LogP contribution in [-0.2, 0) is 21.0 Å². The maximum absolute atomic E-state index is 12.8. The summed E-state index contributed by atoms with van der Waals surface area (Å²) in [5.41, 5.74) is 2.79. The minimum absolute atomic E-state index is 0.136. The molecule has 0 fully saturated rings. The van der Waals surface area contributed by atoms with E-state index >= 15 is 0 Å². The Labute approximate surface area is 194 Å². The van der Waals surface area contributed by atoms with Crippen LogP contribution in [-0.4, -0.2) is 44.1 Å². The first-order valence-corrected chi connectivity index (χ1v) is 11.3. The maximum atomic E-state index is 12.8. The van der Waals surface area contributed by atoms with Gasteiger partial charge in [0.25, 0.3) is 10.2 Å². The van der Waals surface area contributed by atoms with E-state index in [2.05, 4.69) is 9.68 Å². The second kappa shape index (κ2) is 12.0. The molecule has 2 heterocycles. The Morgan fingerprint density at radius 3 is 2.39 bits per heavy atom. The minimum Gasteiger partial charge on any atom is -0.341 e. The van der Waals surface area contributed by atoms with Gasteiger partial charge in [0.2, 0.25) is 5.78 Å². The van der Waals surface area contributed by atoms with Crippen LogP contribution in [0.5, 0.6) is 0 Å². The lowest BCUT2D eigenvalue weighted by Gasteiger charge is -2.14. The molecular weight excluding hydrogens is 454 g/mol. The van der Waals surface area contributed by atoms with Crippen molar-refractivity contribution in [2.24, 2.45) is 0 Å². The molecule has 178 valence electrons. The molecule has 0 aliphatic carbocycles. The predicted molar refractivity (Wildman–Crippen MR) is 120 cm³/mol. The highest BCUT2D eigenvalue weighted by Crippen LogP contribution is 2.35.